The third-order valence-corrected chi connectivity index (χ3v) is 5.39. The van der Waals surface area contributed by atoms with E-state index in [-0.39, 0.29) is 12.4 Å². The van der Waals surface area contributed by atoms with Gasteiger partial charge in [0.05, 0.1) is 0 Å². The Morgan fingerprint density at radius 3 is 2.83 bits per heavy atom. The van der Waals surface area contributed by atoms with Crippen LogP contribution >= 0.6 is 0 Å². The highest BCUT2D eigenvalue weighted by Crippen LogP contribution is 2.29. The summed E-state index contributed by atoms with van der Waals surface area (Å²) in [6.07, 6.45) is 7.86. The van der Waals surface area contributed by atoms with E-state index in [1.54, 1.807) is 6.07 Å². The number of ether oxygens (including phenoxy) is 1. The van der Waals surface area contributed by atoms with Crippen LogP contribution in [-0.4, -0.2) is 36.1 Å². The fourth-order valence-electron chi connectivity index (χ4n) is 3.73. The molecule has 0 fully saturated rings. The van der Waals surface area contributed by atoms with Crippen molar-refractivity contribution in [2.24, 2.45) is 0 Å². The lowest BCUT2D eigenvalue weighted by Gasteiger charge is -2.15. The van der Waals surface area contributed by atoms with Crippen molar-refractivity contribution in [3.05, 3.63) is 59.9 Å². The van der Waals surface area contributed by atoms with Crippen LogP contribution in [0.25, 0.3) is 22.2 Å². The maximum absolute atomic E-state index is 13.3. The van der Waals surface area contributed by atoms with Crippen LogP contribution in [0.1, 0.15) is 32.1 Å². The maximum Gasteiger partial charge on any atom is 0.170 e. The van der Waals surface area contributed by atoms with Gasteiger partial charge in [-0.1, -0.05) is 16.8 Å². The van der Waals surface area contributed by atoms with Crippen LogP contribution in [0.15, 0.2) is 58.6 Å². The zero-order chi connectivity index (χ0) is 20.8. The van der Waals surface area contributed by atoms with Crippen LogP contribution in [0.3, 0.4) is 0 Å². The lowest BCUT2D eigenvalue weighted by atomic mass is 9.97. The molecule has 1 aliphatic rings. The van der Waals surface area contributed by atoms with Crippen molar-refractivity contribution in [2.45, 2.75) is 38.2 Å². The number of hydrogen-bond donors (Lipinski definition) is 2. The van der Waals surface area contributed by atoms with Gasteiger partial charge < -0.3 is 19.7 Å². The molecule has 6 heteroatoms. The summed E-state index contributed by atoms with van der Waals surface area (Å²) < 4.78 is 24.2. The number of rotatable bonds is 9. The van der Waals surface area contributed by atoms with Gasteiger partial charge in [0.2, 0.25) is 0 Å². The maximum atomic E-state index is 13.3. The summed E-state index contributed by atoms with van der Waals surface area (Å²) in [6.45, 7) is 1.61. The van der Waals surface area contributed by atoms with Gasteiger partial charge in [-0.05, 0) is 75.0 Å². The summed E-state index contributed by atoms with van der Waals surface area (Å²) in [5.41, 5.74) is 3.46. The second kappa shape index (κ2) is 9.87. The smallest absolute Gasteiger partial charge is 0.170 e. The minimum absolute atomic E-state index is 0.223. The molecule has 0 aliphatic heterocycles. The van der Waals surface area contributed by atoms with Gasteiger partial charge in [0, 0.05) is 23.6 Å². The summed E-state index contributed by atoms with van der Waals surface area (Å²) in [7, 11) is 0. The van der Waals surface area contributed by atoms with E-state index < -0.39 is 6.10 Å². The van der Waals surface area contributed by atoms with Gasteiger partial charge in [-0.2, -0.15) is 0 Å². The number of hydrogen-bond acceptors (Lipinski definition) is 5. The molecule has 0 spiro atoms. The van der Waals surface area contributed by atoms with Crippen LogP contribution in [0.2, 0.25) is 0 Å². The molecule has 158 valence electrons. The first-order valence-electron chi connectivity index (χ1n) is 10.5. The van der Waals surface area contributed by atoms with E-state index >= 15 is 0 Å². The Hall–Kier alpha value is -2.70. The second-order valence-corrected chi connectivity index (χ2v) is 7.72. The number of nitrogens with zero attached hydrogens (tertiary/aromatic N) is 1. The molecule has 1 aromatic heterocycles. The monoisotopic (exact) mass is 410 g/mol. The Bertz CT molecular complexity index is 997. The fraction of sp³-hybridized carbons (Fsp3) is 0.375. The number of fused-ring (bicyclic) bond motifs is 1. The van der Waals surface area contributed by atoms with Gasteiger partial charge in [-0.25, -0.2) is 4.39 Å². The molecule has 0 saturated carbocycles. The molecule has 2 aromatic carbocycles. The molecule has 1 aliphatic carbocycles. The number of nitrogens with one attached hydrogen (secondary N) is 1. The van der Waals surface area contributed by atoms with Crippen molar-refractivity contribution in [3.8, 4) is 17.0 Å². The van der Waals surface area contributed by atoms with Crippen LogP contribution in [0.5, 0.6) is 5.75 Å². The molecule has 1 unspecified atom stereocenters. The highest BCUT2D eigenvalue weighted by atomic mass is 19.1. The Morgan fingerprint density at radius 1 is 1.17 bits per heavy atom. The van der Waals surface area contributed by atoms with Crippen LogP contribution in [0.4, 0.5) is 4.39 Å². The van der Waals surface area contributed by atoms with Crippen molar-refractivity contribution < 1.29 is 18.8 Å². The van der Waals surface area contributed by atoms with E-state index in [2.05, 4.69) is 16.5 Å². The number of allylic oxidation sites excluding steroid dienone is 1. The van der Waals surface area contributed by atoms with Crippen molar-refractivity contribution in [1.82, 2.24) is 10.5 Å². The van der Waals surface area contributed by atoms with E-state index in [1.807, 2.05) is 24.3 Å². The minimum Gasteiger partial charge on any atom is -0.491 e. The number of benzene rings is 2. The summed E-state index contributed by atoms with van der Waals surface area (Å²) in [4.78, 5) is 0. The van der Waals surface area contributed by atoms with Crippen molar-refractivity contribution in [2.75, 3.05) is 19.7 Å². The Morgan fingerprint density at radius 2 is 2.03 bits per heavy atom. The number of aliphatic hydroxyl groups excluding tert-OH is 1. The van der Waals surface area contributed by atoms with E-state index in [4.69, 9.17) is 9.26 Å². The van der Waals surface area contributed by atoms with Gasteiger partial charge in [0.1, 0.15) is 30.0 Å². The van der Waals surface area contributed by atoms with E-state index in [1.165, 1.54) is 43.4 Å². The molecule has 5 nitrogen and oxygen atoms in total. The molecule has 0 saturated heterocycles. The lowest BCUT2D eigenvalue weighted by molar-refractivity contribution is 0.106. The molecule has 4 rings (SSSR count). The Labute approximate surface area is 175 Å². The standard InChI is InChI=1S/C24H27FN2O3/c25-19-8-11-22-23(14-19)30-27-24(22)18-6-9-21(10-7-18)29-16-20(28)15-26-13-12-17-4-2-1-3-5-17/h4,6-11,14,20,26,28H,1-3,5,12-13,15-16H2. The predicted octanol–water partition coefficient (Wildman–Crippen LogP) is 4.85. The third-order valence-electron chi connectivity index (χ3n) is 5.39. The first-order valence-corrected chi connectivity index (χ1v) is 10.5. The number of aliphatic hydroxyl groups is 1. The quantitative estimate of drug-likeness (QED) is 0.390. The molecule has 1 atom stereocenters. The van der Waals surface area contributed by atoms with Crippen LogP contribution in [0, 0.1) is 5.82 Å². The topological polar surface area (TPSA) is 67.5 Å². The molecular formula is C24H27FN2O3. The van der Waals surface area contributed by atoms with Gasteiger partial charge >= 0.3 is 0 Å². The summed E-state index contributed by atoms with van der Waals surface area (Å²) in [6, 6.07) is 11.8. The molecule has 2 N–H and O–H groups in total. The molecule has 0 amide bonds. The number of aromatic nitrogens is 1. The third kappa shape index (κ3) is 5.26. The van der Waals surface area contributed by atoms with Crippen molar-refractivity contribution in [1.29, 1.82) is 0 Å². The van der Waals surface area contributed by atoms with E-state index in [0.29, 0.717) is 23.6 Å². The van der Waals surface area contributed by atoms with Gasteiger partial charge in [-0.15, -0.1) is 0 Å². The highest BCUT2D eigenvalue weighted by molar-refractivity contribution is 5.91. The predicted molar refractivity (Wildman–Crippen MR) is 115 cm³/mol. The average molecular weight is 410 g/mol. The molecule has 1 heterocycles. The minimum atomic E-state index is -0.570. The van der Waals surface area contributed by atoms with Gasteiger partial charge in [0.25, 0.3) is 0 Å². The summed E-state index contributed by atoms with van der Waals surface area (Å²) in [5.74, 6) is 0.317. The van der Waals surface area contributed by atoms with Crippen molar-refractivity contribution >= 4 is 11.0 Å². The second-order valence-electron chi connectivity index (χ2n) is 7.72. The largest absolute Gasteiger partial charge is 0.491 e. The van der Waals surface area contributed by atoms with Crippen LogP contribution < -0.4 is 10.1 Å². The number of halogens is 1. The van der Waals surface area contributed by atoms with E-state index in [0.717, 1.165) is 23.9 Å². The summed E-state index contributed by atoms with van der Waals surface area (Å²) >= 11 is 0. The first-order chi connectivity index (χ1) is 14.7. The Balaban J connectivity index is 1.24. The Kier molecular flexibility index (Phi) is 6.77. The normalized spacial score (nSPS) is 15.2. The molecule has 30 heavy (non-hydrogen) atoms. The fourth-order valence-corrected chi connectivity index (χ4v) is 3.73. The molecule has 3 aromatic rings. The molecule has 0 radical (unpaired) electrons. The highest BCUT2D eigenvalue weighted by Gasteiger charge is 2.12. The lowest BCUT2D eigenvalue weighted by Crippen LogP contribution is -2.32. The van der Waals surface area contributed by atoms with E-state index in [9.17, 15) is 9.50 Å². The zero-order valence-corrected chi connectivity index (χ0v) is 16.9. The van der Waals surface area contributed by atoms with Gasteiger partial charge in [-0.3, -0.25) is 0 Å². The molecule has 0 bridgehead atoms. The molecular weight excluding hydrogens is 383 g/mol. The SMILES string of the molecule is OC(CNCCC1=CCCCC1)COc1ccc(-c2noc3cc(F)ccc23)cc1. The zero-order valence-electron chi connectivity index (χ0n) is 16.9. The average Bonchev–Trinajstić information content (AvgIpc) is 3.19. The summed E-state index contributed by atoms with van der Waals surface area (Å²) in [5, 5.41) is 18.3. The first kappa shape index (κ1) is 20.6. The van der Waals surface area contributed by atoms with Crippen molar-refractivity contribution in [3.63, 3.8) is 0 Å². The van der Waals surface area contributed by atoms with Crippen LogP contribution in [-0.2, 0) is 0 Å². The van der Waals surface area contributed by atoms with Gasteiger partial charge in [0.15, 0.2) is 5.58 Å².